The van der Waals surface area contributed by atoms with Crippen LogP contribution in [-0.2, 0) is 16.0 Å². The summed E-state index contributed by atoms with van der Waals surface area (Å²) in [5.41, 5.74) is 1.14. The molecule has 3 rings (SSSR count). The van der Waals surface area contributed by atoms with Gasteiger partial charge in [0, 0.05) is 16.2 Å². The minimum absolute atomic E-state index is 0.0509. The van der Waals surface area contributed by atoms with Crippen molar-refractivity contribution in [2.75, 3.05) is 13.2 Å². The molecular formula is C25H31IN2O3. The molecule has 1 atom stereocenters. The molecule has 6 heteroatoms. The molecule has 0 heterocycles. The van der Waals surface area contributed by atoms with Crippen molar-refractivity contribution in [3.05, 3.63) is 63.7 Å². The Bertz CT molecular complexity index is 836. The van der Waals surface area contributed by atoms with Gasteiger partial charge in [-0.2, -0.15) is 0 Å². The van der Waals surface area contributed by atoms with Gasteiger partial charge in [-0.15, -0.1) is 0 Å². The molecule has 2 aromatic rings. The first-order chi connectivity index (χ1) is 15.1. The van der Waals surface area contributed by atoms with Crippen LogP contribution < -0.4 is 10.1 Å². The fourth-order valence-electron chi connectivity index (χ4n) is 4.02. The highest BCUT2D eigenvalue weighted by atomic mass is 127. The molecule has 0 unspecified atom stereocenters. The summed E-state index contributed by atoms with van der Waals surface area (Å²) >= 11 is 2.23. The molecule has 0 spiro atoms. The molecule has 2 amide bonds. The van der Waals surface area contributed by atoms with Crippen molar-refractivity contribution in [3.63, 3.8) is 0 Å². The first-order valence-electron chi connectivity index (χ1n) is 11.1. The number of benzene rings is 2. The lowest BCUT2D eigenvalue weighted by Gasteiger charge is -2.31. The summed E-state index contributed by atoms with van der Waals surface area (Å²) in [6.45, 7) is 2.36. The molecule has 1 aliphatic rings. The van der Waals surface area contributed by atoms with E-state index in [1.165, 1.54) is 0 Å². The van der Waals surface area contributed by atoms with E-state index in [0.717, 1.165) is 34.8 Å². The molecule has 0 bridgehead atoms. The van der Waals surface area contributed by atoms with E-state index in [2.05, 4.69) is 27.9 Å². The summed E-state index contributed by atoms with van der Waals surface area (Å²) in [6.07, 6.45) is 5.63. The third-order valence-electron chi connectivity index (χ3n) is 5.75. The van der Waals surface area contributed by atoms with Crippen molar-refractivity contribution in [1.82, 2.24) is 10.2 Å². The molecule has 5 nitrogen and oxygen atoms in total. The van der Waals surface area contributed by atoms with Crippen LogP contribution >= 0.6 is 22.6 Å². The third-order valence-corrected chi connectivity index (χ3v) is 6.47. The Morgan fingerprint density at radius 1 is 1.10 bits per heavy atom. The highest BCUT2D eigenvalue weighted by molar-refractivity contribution is 14.1. The highest BCUT2D eigenvalue weighted by Gasteiger charge is 2.30. The molecule has 31 heavy (non-hydrogen) atoms. The van der Waals surface area contributed by atoms with Gasteiger partial charge in [0.1, 0.15) is 11.8 Å². The summed E-state index contributed by atoms with van der Waals surface area (Å²) in [5, 5.41) is 3.17. The first kappa shape index (κ1) is 23.6. The zero-order valence-electron chi connectivity index (χ0n) is 18.1. The van der Waals surface area contributed by atoms with Crippen LogP contribution in [0.3, 0.4) is 0 Å². The van der Waals surface area contributed by atoms with Crippen LogP contribution in [0.2, 0.25) is 0 Å². The maximum atomic E-state index is 13.2. The maximum absolute atomic E-state index is 13.2. The zero-order chi connectivity index (χ0) is 22.1. The number of nitrogens with one attached hydrogen (secondary N) is 1. The Balaban J connectivity index is 1.68. The number of halogens is 1. The summed E-state index contributed by atoms with van der Waals surface area (Å²) < 4.78 is 6.84. The van der Waals surface area contributed by atoms with E-state index in [-0.39, 0.29) is 24.5 Å². The van der Waals surface area contributed by atoms with Gasteiger partial charge in [0.05, 0.1) is 0 Å². The number of nitrogens with zero attached hydrogens (tertiary/aromatic N) is 1. The topological polar surface area (TPSA) is 58.6 Å². The van der Waals surface area contributed by atoms with Gasteiger partial charge in [0.25, 0.3) is 5.91 Å². The Morgan fingerprint density at radius 2 is 1.77 bits per heavy atom. The van der Waals surface area contributed by atoms with E-state index in [1.807, 2.05) is 61.5 Å². The fraction of sp³-hybridized carbons (Fsp3) is 0.440. The Kier molecular flexibility index (Phi) is 9.18. The second-order valence-corrected chi connectivity index (χ2v) is 9.22. The highest BCUT2D eigenvalue weighted by Crippen LogP contribution is 2.19. The molecule has 166 valence electrons. The summed E-state index contributed by atoms with van der Waals surface area (Å²) in [7, 11) is 0. The summed E-state index contributed by atoms with van der Waals surface area (Å²) in [4.78, 5) is 27.9. The lowest BCUT2D eigenvalue weighted by Crippen LogP contribution is -2.52. The normalized spacial score (nSPS) is 14.8. The van der Waals surface area contributed by atoms with Crippen LogP contribution in [0.1, 0.15) is 44.6 Å². The number of carbonyl (C=O) groups is 2. The van der Waals surface area contributed by atoms with Crippen LogP contribution in [0.5, 0.6) is 5.75 Å². The fourth-order valence-corrected chi connectivity index (χ4v) is 4.38. The van der Waals surface area contributed by atoms with E-state index in [1.54, 1.807) is 4.90 Å². The molecule has 2 aromatic carbocycles. The van der Waals surface area contributed by atoms with Gasteiger partial charge in [-0.1, -0.05) is 50.1 Å². The smallest absolute Gasteiger partial charge is 0.261 e. The molecular weight excluding hydrogens is 503 g/mol. The predicted octanol–water partition coefficient (Wildman–Crippen LogP) is 4.58. The van der Waals surface area contributed by atoms with Crippen molar-refractivity contribution in [2.24, 2.45) is 0 Å². The second-order valence-electron chi connectivity index (χ2n) is 7.98. The number of amides is 2. The largest absolute Gasteiger partial charge is 0.484 e. The van der Waals surface area contributed by atoms with Crippen molar-refractivity contribution in [2.45, 2.75) is 57.5 Å². The van der Waals surface area contributed by atoms with Gasteiger partial charge in [0.2, 0.25) is 5.91 Å². The Morgan fingerprint density at radius 3 is 2.42 bits per heavy atom. The Hall–Kier alpha value is -2.09. The van der Waals surface area contributed by atoms with Gasteiger partial charge in [-0.3, -0.25) is 9.59 Å². The van der Waals surface area contributed by atoms with Crippen LogP contribution in [0, 0.1) is 3.57 Å². The molecule has 1 saturated carbocycles. The van der Waals surface area contributed by atoms with E-state index >= 15 is 0 Å². The van der Waals surface area contributed by atoms with Crippen LogP contribution in [0.25, 0.3) is 0 Å². The Labute approximate surface area is 198 Å². The third kappa shape index (κ3) is 7.23. The van der Waals surface area contributed by atoms with Gasteiger partial charge in [0.15, 0.2) is 6.61 Å². The lowest BCUT2D eigenvalue weighted by atomic mass is 10.1. The van der Waals surface area contributed by atoms with Crippen molar-refractivity contribution in [3.8, 4) is 5.75 Å². The molecule has 0 aliphatic heterocycles. The number of carbonyl (C=O) groups excluding carboxylic acids is 2. The quantitative estimate of drug-likeness (QED) is 0.455. The lowest BCUT2D eigenvalue weighted by molar-refractivity contribution is -0.142. The molecule has 0 saturated heterocycles. The standard InChI is InChI=1S/C25H31IN2O3/c1-2-23(25(30)27-21-10-6-7-11-21)28(17-16-19-8-4-3-5-9-19)24(29)18-31-22-14-12-20(26)13-15-22/h3-5,8-9,12-15,21,23H,2,6-7,10-11,16-18H2,1H3,(H,27,30)/t23-/m1/s1. The predicted molar refractivity (Wildman–Crippen MR) is 131 cm³/mol. The van der Waals surface area contributed by atoms with E-state index in [4.69, 9.17) is 4.74 Å². The van der Waals surface area contributed by atoms with E-state index in [0.29, 0.717) is 25.1 Å². The maximum Gasteiger partial charge on any atom is 0.261 e. The van der Waals surface area contributed by atoms with Gasteiger partial charge in [-0.25, -0.2) is 0 Å². The second kappa shape index (κ2) is 12.1. The molecule has 1 aliphatic carbocycles. The van der Waals surface area contributed by atoms with Crippen LogP contribution in [0.4, 0.5) is 0 Å². The van der Waals surface area contributed by atoms with Crippen LogP contribution in [-0.4, -0.2) is 41.9 Å². The first-order valence-corrected chi connectivity index (χ1v) is 12.2. The van der Waals surface area contributed by atoms with E-state index in [9.17, 15) is 9.59 Å². The minimum Gasteiger partial charge on any atom is -0.484 e. The number of hydrogen-bond donors (Lipinski definition) is 1. The van der Waals surface area contributed by atoms with E-state index < -0.39 is 6.04 Å². The molecule has 1 fully saturated rings. The zero-order valence-corrected chi connectivity index (χ0v) is 20.2. The van der Waals surface area contributed by atoms with Crippen molar-refractivity contribution >= 4 is 34.4 Å². The molecule has 1 N–H and O–H groups in total. The van der Waals surface area contributed by atoms with Crippen molar-refractivity contribution < 1.29 is 14.3 Å². The summed E-state index contributed by atoms with van der Waals surface area (Å²) in [5.74, 6) is 0.438. The van der Waals surface area contributed by atoms with Crippen LogP contribution in [0.15, 0.2) is 54.6 Å². The summed E-state index contributed by atoms with van der Waals surface area (Å²) in [6, 6.07) is 17.4. The van der Waals surface area contributed by atoms with Gasteiger partial charge >= 0.3 is 0 Å². The number of rotatable bonds is 10. The van der Waals surface area contributed by atoms with Crippen molar-refractivity contribution in [1.29, 1.82) is 0 Å². The number of hydrogen-bond acceptors (Lipinski definition) is 3. The number of ether oxygens (including phenoxy) is 1. The average molecular weight is 534 g/mol. The average Bonchev–Trinajstić information content (AvgIpc) is 3.29. The van der Waals surface area contributed by atoms with Gasteiger partial charge < -0.3 is 15.0 Å². The van der Waals surface area contributed by atoms with Gasteiger partial charge in [-0.05, 0) is 78.1 Å². The minimum atomic E-state index is -0.489. The SMILES string of the molecule is CC[C@H](C(=O)NC1CCCC1)N(CCc1ccccc1)C(=O)COc1ccc(I)cc1. The monoisotopic (exact) mass is 534 g/mol. The molecule has 0 radical (unpaired) electrons. The molecule has 0 aromatic heterocycles.